The van der Waals surface area contributed by atoms with Crippen LogP contribution in [-0.4, -0.2) is 18.7 Å². The van der Waals surface area contributed by atoms with E-state index in [-0.39, 0.29) is 24.8 Å². The molecule has 172 valence electrons. The molecule has 3 rings (SSSR count). The van der Waals surface area contributed by atoms with Gasteiger partial charge in [-0.3, -0.25) is 4.79 Å². The van der Waals surface area contributed by atoms with Gasteiger partial charge in [0.25, 0.3) is 0 Å². The van der Waals surface area contributed by atoms with Crippen LogP contribution in [0.25, 0.3) is 0 Å². The van der Waals surface area contributed by atoms with Crippen LogP contribution in [0.4, 0.5) is 4.39 Å². The van der Waals surface area contributed by atoms with Gasteiger partial charge in [0.05, 0.1) is 23.7 Å². The van der Waals surface area contributed by atoms with Crippen LogP contribution in [0.5, 0.6) is 11.5 Å². The van der Waals surface area contributed by atoms with E-state index < -0.39 is 0 Å². The summed E-state index contributed by atoms with van der Waals surface area (Å²) in [6.07, 6.45) is 1.81. The molecule has 0 aliphatic heterocycles. The maximum Gasteiger partial charge on any atom is 0.244 e. The molecule has 1 N–H and O–H groups in total. The summed E-state index contributed by atoms with van der Waals surface area (Å²) >= 11 is 3.52. The molecule has 0 aromatic heterocycles. The Bertz CT molecular complexity index is 1150. The van der Waals surface area contributed by atoms with E-state index in [1.54, 1.807) is 24.4 Å². The summed E-state index contributed by atoms with van der Waals surface area (Å²) in [5.41, 5.74) is 7.35. The predicted molar refractivity (Wildman–Crippen MR) is 131 cm³/mol. The van der Waals surface area contributed by atoms with Gasteiger partial charge in [0, 0.05) is 0 Å². The molecule has 0 saturated heterocycles. The molecule has 7 heteroatoms. The van der Waals surface area contributed by atoms with Crippen LogP contribution in [0.3, 0.4) is 0 Å². The molecule has 0 saturated carbocycles. The zero-order valence-electron chi connectivity index (χ0n) is 18.8. The van der Waals surface area contributed by atoms with Gasteiger partial charge in [0.15, 0.2) is 11.5 Å². The fourth-order valence-corrected chi connectivity index (χ4v) is 3.81. The number of hydrogen-bond acceptors (Lipinski definition) is 4. The van der Waals surface area contributed by atoms with E-state index in [4.69, 9.17) is 9.47 Å². The number of rotatable bonds is 9. The van der Waals surface area contributed by atoms with E-state index in [9.17, 15) is 9.18 Å². The molecule has 0 radical (unpaired) electrons. The first-order valence-electron chi connectivity index (χ1n) is 10.6. The van der Waals surface area contributed by atoms with Gasteiger partial charge >= 0.3 is 0 Å². The second-order valence-corrected chi connectivity index (χ2v) is 8.43. The lowest BCUT2D eigenvalue weighted by Crippen LogP contribution is -2.20. The lowest BCUT2D eigenvalue weighted by atomic mass is 10.0. The van der Waals surface area contributed by atoms with Crippen molar-refractivity contribution in [3.05, 3.63) is 92.7 Å². The third-order valence-corrected chi connectivity index (χ3v) is 5.47. The third-order valence-electron chi connectivity index (χ3n) is 4.88. The average molecular weight is 513 g/mol. The number of aryl methyl sites for hydroxylation is 2. The summed E-state index contributed by atoms with van der Waals surface area (Å²) in [5, 5.41) is 4.08. The summed E-state index contributed by atoms with van der Waals surface area (Å²) in [4.78, 5) is 12.3. The van der Waals surface area contributed by atoms with E-state index in [1.165, 1.54) is 12.1 Å². The molecule has 0 unspecified atom stereocenters. The monoisotopic (exact) mass is 512 g/mol. The SMILES string of the molecule is CCOc1cc(/C=N\NC(=O)Cc2ccc(C)cc2C)cc(Br)c1OCc1ccc(F)cc1. The number of halogens is 2. The van der Waals surface area contributed by atoms with Crippen molar-refractivity contribution < 1.29 is 18.7 Å². The van der Waals surface area contributed by atoms with Crippen LogP contribution in [0.15, 0.2) is 64.2 Å². The second-order valence-electron chi connectivity index (χ2n) is 7.58. The van der Waals surface area contributed by atoms with Gasteiger partial charge in [-0.05, 0) is 83.2 Å². The van der Waals surface area contributed by atoms with E-state index in [2.05, 4.69) is 32.5 Å². The van der Waals surface area contributed by atoms with Crippen molar-refractivity contribution in [1.29, 1.82) is 0 Å². The van der Waals surface area contributed by atoms with Crippen LogP contribution < -0.4 is 14.9 Å². The minimum Gasteiger partial charge on any atom is -0.490 e. The maximum atomic E-state index is 13.1. The third kappa shape index (κ3) is 7.15. The van der Waals surface area contributed by atoms with E-state index in [0.717, 1.165) is 27.8 Å². The molecule has 0 fully saturated rings. The minimum absolute atomic E-state index is 0.193. The molecule has 33 heavy (non-hydrogen) atoms. The van der Waals surface area contributed by atoms with Crippen LogP contribution in [0, 0.1) is 19.7 Å². The fourth-order valence-electron chi connectivity index (χ4n) is 3.24. The Morgan fingerprint density at radius 2 is 1.85 bits per heavy atom. The Morgan fingerprint density at radius 3 is 2.55 bits per heavy atom. The van der Waals surface area contributed by atoms with Gasteiger partial charge in [-0.2, -0.15) is 5.10 Å². The molecule has 0 atom stereocenters. The number of hydrogen-bond donors (Lipinski definition) is 1. The first-order valence-corrected chi connectivity index (χ1v) is 11.4. The van der Waals surface area contributed by atoms with Crippen LogP contribution in [0.1, 0.15) is 34.7 Å². The van der Waals surface area contributed by atoms with Crippen molar-refractivity contribution in [2.45, 2.75) is 33.8 Å². The quantitative estimate of drug-likeness (QED) is 0.287. The minimum atomic E-state index is -0.292. The van der Waals surface area contributed by atoms with Crippen LogP contribution >= 0.6 is 15.9 Å². The standard InChI is InChI=1S/C26H26BrFN2O3/c1-4-32-24-13-20(12-23(27)26(24)33-16-19-6-9-22(28)10-7-19)15-29-30-25(31)14-21-8-5-17(2)11-18(21)3/h5-13,15H,4,14,16H2,1-3H3,(H,30,31)/b29-15-. The largest absolute Gasteiger partial charge is 0.490 e. The molecule has 3 aromatic rings. The summed E-state index contributed by atoms with van der Waals surface area (Å²) in [7, 11) is 0. The maximum absolute atomic E-state index is 13.1. The Kier molecular flexibility index (Phi) is 8.60. The van der Waals surface area contributed by atoms with Crippen molar-refractivity contribution in [3.63, 3.8) is 0 Å². The van der Waals surface area contributed by atoms with Gasteiger partial charge in [0.1, 0.15) is 12.4 Å². The fraction of sp³-hybridized carbons (Fsp3) is 0.231. The lowest BCUT2D eigenvalue weighted by Gasteiger charge is -2.14. The molecule has 0 aliphatic carbocycles. The number of hydrazone groups is 1. The zero-order chi connectivity index (χ0) is 23.8. The van der Waals surface area contributed by atoms with Gasteiger partial charge in [-0.15, -0.1) is 0 Å². The first kappa shape index (κ1) is 24.5. The number of ether oxygens (including phenoxy) is 2. The molecule has 1 amide bonds. The van der Waals surface area contributed by atoms with Gasteiger partial charge in [-0.1, -0.05) is 35.9 Å². The van der Waals surface area contributed by atoms with Gasteiger partial charge in [-0.25, -0.2) is 9.82 Å². The Balaban J connectivity index is 1.66. The van der Waals surface area contributed by atoms with Crippen molar-refractivity contribution >= 4 is 28.1 Å². The highest BCUT2D eigenvalue weighted by atomic mass is 79.9. The average Bonchev–Trinajstić information content (AvgIpc) is 2.76. The molecular weight excluding hydrogens is 487 g/mol. The molecule has 0 bridgehead atoms. The second kappa shape index (κ2) is 11.6. The highest BCUT2D eigenvalue weighted by Gasteiger charge is 2.12. The van der Waals surface area contributed by atoms with E-state index >= 15 is 0 Å². The Labute approximate surface area is 201 Å². The van der Waals surface area contributed by atoms with Gasteiger partial charge < -0.3 is 9.47 Å². The smallest absolute Gasteiger partial charge is 0.244 e. The first-order chi connectivity index (χ1) is 15.9. The van der Waals surface area contributed by atoms with E-state index in [0.29, 0.717) is 22.6 Å². The summed E-state index contributed by atoms with van der Waals surface area (Å²) < 4.78 is 25.4. The Hall–Kier alpha value is -3.19. The molecule has 5 nitrogen and oxygen atoms in total. The molecule has 0 aliphatic rings. The highest BCUT2D eigenvalue weighted by molar-refractivity contribution is 9.10. The summed E-state index contributed by atoms with van der Waals surface area (Å²) in [6.45, 7) is 6.61. The number of benzene rings is 3. The molecule has 0 spiro atoms. The van der Waals surface area contributed by atoms with Crippen LogP contribution in [0.2, 0.25) is 0 Å². The lowest BCUT2D eigenvalue weighted by molar-refractivity contribution is -0.120. The predicted octanol–water partition coefficient (Wildman–Crippen LogP) is 5.88. The molecular formula is C26H26BrFN2O3. The van der Waals surface area contributed by atoms with Crippen LogP contribution in [-0.2, 0) is 17.8 Å². The number of carbonyl (C=O) groups excluding carboxylic acids is 1. The Morgan fingerprint density at radius 1 is 1.09 bits per heavy atom. The number of carbonyl (C=O) groups is 1. The number of amides is 1. The van der Waals surface area contributed by atoms with Crippen molar-refractivity contribution in [2.24, 2.45) is 5.10 Å². The molecule has 3 aromatic carbocycles. The van der Waals surface area contributed by atoms with Crippen molar-refractivity contribution in [2.75, 3.05) is 6.61 Å². The van der Waals surface area contributed by atoms with Crippen molar-refractivity contribution in [1.82, 2.24) is 5.43 Å². The van der Waals surface area contributed by atoms with Gasteiger partial charge in [0.2, 0.25) is 5.91 Å². The molecule has 0 heterocycles. The number of nitrogens with zero attached hydrogens (tertiary/aromatic N) is 1. The zero-order valence-corrected chi connectivity index (χ0v) is 20.4. The highest BCUT2D eigenvalue weighted by Crippen LogP contribution is 2.37. The van der Waals surface area contributed by atoms with Crippen molar-refractivity contribution in [3.8, 4) is 11.5 Å². The van der Waals surface area contributed by atoms with E-state index in [1.807, 2.05) is 39.0 Å². The normalized spacial score (nSPS) is 10.9. The number of nitrogens with one attached hydrogen (secondary N) is 1. The summed E-state index contributed by atoms with van der Waals surface area (Å²) in [6, 6.07) is 15.7. The summed E-state index contributed by atoms with van der Waals surface area (Å²) in [5.74, 6) is 0.593. The topological polar surface area (TPSA) is 59.9 Å².